The van der Waals surface area contributed by atoms with Gasteiger partial charge in [-0.15, -0.1) is 16.7 Å². The summed E-state index contributed by atoms with van der Waals surface area (Å²) in [5.41, 5.74) is 1.69. The molecule has 3 rings (SSSR count). The number of alkyl halides is 1. The number of aromatic amines is 1. The number of benzene rings is 1. The molecule has 0 amide bonds. The van der Waals surface area contributed by atoms with Crippen LogP contribution in [0.5, 0.6) is 0 Å². The van der Waals surface area contributed by atoms with Crippen LogP contribution in [0.4, 0.5) is 4.39 Å². The van der Waals surface area contributed by atoms with Crippen molar-refractivity contribution in [2.24, 2.45) is 0 Å². The van der Waals surface area contributed by atoms with E-state index in [9.17, 15) is 17.6 Å². The Morgan fingerprint density at radius 1 is 1.40 bits per heavy atom. The van der Waals surface area contributed by atoms with Gasteiger partial charge in [0.15, 0.2) is 0 Å². The van der Waals surface area contributed by atoms with Gasteiger partial charge >= 0.3 is 5.76 Å². The van der Waals surface area contributed by atoms with E-state index in [1.165, 1.54) is 10.4 Å². The van der Waals surface area contributed by atoms with Crippen LogP contribution in [0, 0.1) is 19.7 Å². The average molecular weight is 474 g/mol. The molecule has 1 aromatic carbocycles. The largest absolute Gasteiger partial charge is 0.434 e. The molecule has 2 aromatic rings. The third kappa shape index (κ3) is 4.54. The summed E-state index contributed by atoms with van der Waals surface area (Å²) >= 11 is 6.08. The molecule has 0 saturated carbocycles. The highest BCUT2D eigenvalue weighted by Gasteiger charge is 2.43. The molecule has 12 heteroatoms. The van der Waals surface area contributed by atoms with Gasteiger partial charge in [0.05, 0.1) is 0 Å². The number of rotatable bonds is 6. The minimum atomic E-state index is -4.02. The smallest absolute Gasteiger partial charge is 0.391 e. The summed E-state index contributed by atoms with van der Waals surface area (Å²) in [6.07, 6.45) is 1.03. The molecular weight excluding hydrogens is 451 g/mol. The van der Waals surface area contributed by atoms with Crippen molar-refractivity contribution >= 4 is 32.1 Å². The average Bonchev–Trinajstić information content (AvgIpc) is 3.09. The molecule has 0 spiro atoms. The van der Waals surface area contributed by atoms with Crippen LogP contribution in [0.1, 0.15) is 48.4 Å². The van der Waals surface area contributed by atoms with Gasteiger partial charge in [-0.2, -0.15) is 17.4 Å². The molecular formula is C18H23ClFN4O4SSi. The minimum Gasteiger partial charge on any atom is -0.391 e. The predicted octanol–water partition coefficient (Wildman–Crippen LogP) is 1.78. The molecule has 0 unspecified atom stereocenters. The van der Waals surface area contributed by atoms with Gasteiger partial charge in [-0.1, -0.05) is 13.0 Å². The van der Waals surface area contributed by atoms with E-state index in [4.69, 9.17) is 16.0 Å². The number of piperidine rings is 1. The van der Waals surface area contributed by atoms with Crippen LogP contribution in [-0.2, 0) is 15.2 Å². The molecule has 1 aliphatic rings. The van der Waals surface area contributed by atoms with Gasteiger partial charge in [-0.3, -0.25) is 0 Å². The molecule has 0 bridgehead atoms. The van der Waals surface area contributed by atoms with E-state index in [0.29, 0.717) is 18.4 Å². The highest BCUT2D eigenvalue weighted by Crippen LogP contribution is 2.38. The first-order chi connectivity index (χ1) is 13.9. The van der Waals surface area contributed by atoms with Crippen molar-refractivity contribution < 1.29 is 17.2 Å². The summed E-state index contributed by atoms with van der Waals surface area (Å²) in [7, 11) is -0.447. The zero-order valence-corrected chi connectivity index (χ0v) is 19.4. The summed E-state index contributed by atoms with van der Waals surface area (Å²) in [5, 5.41) is 4.53. The van der Waals surface area contributed by atoms with Crippen LogP contribution in [0.2, 0.25) is 0 Å². The van der Waals surface area contributed by atoms with Gasteiger partial charge in [0.2, 0.25) is 5.89 Å². The van der Waals surface area contributed by atoms with Gasteiger partial charge in [0.25, 0.3) is 10.2 Å². The highest BCUT2D eigenvalue weighted by molar-refractivity contribution is 7.87. The van der Waals surface area contributed by atoms with Crippen LogP contribution < -0.4 is 10.5 Å². The Kier molecular flexibility index (Phi) is 6.59. The highest BCUT2D eigenvalue weighted by atomic mass is 35.5. The van der Waals surface area contributed by atoms with Gasteiger partial charge < -0.3 is 4.42 Å². The van der Waals surface area contributed by atoms with Crippen LogP contribution >= 0.6 is 11.6 Å². The molecule has 2 atom stereocenters. The Labute approximate surface area is 182 Å². The first-order valence-corrected chi connectivity index (χ1v) is 11.8. The Balaban J connectivity index is 2.06. The van der Waals surface area contributed by atoms with Crippen molar-refractivity contribution in [1.82, 2.24) is 19.2 Å². The minimum absolute atomic E-state index is 0.0817. The molecule has 1 saturated heterocycles. The topological polar surface area (TPSA) is 108 Å². The lowest BCUT2D eigenvalue weighted by atomic mass is 9.87. The summed E-state index contributed by atoms with van der Waals surface area (Å²) in [6.45, 7) is 5.66. The van der Waals surface area contributed by atoms with E-state index in [1.54, 1.807) is 19.9 Å². The number of hydrogen-bond donors (Lipinski definition) is 2. The number of aromatic nitrogens is 2. The van der Waals surface area contributed by atoms with Crippen molar-refractivity contribution in [1.29, 1.82) is 0 Å². The quantitative estimate of drug-likeness (QED) is 0.491. The molecule has 2 N–H and O–H groups in total. The Bertz CT molecular complexity index is 1080. The molecule has 8 nitrogen and oxygen atoms in total. The SMILES string of the molecule is Cc1ccc(F)c([C@](C)([Si])[C@H](NS(=O)(=O)N2CCC(Cl)CC2)c2n[nH]c(=O)o2)c1C. The molecule has 1 aliphatic heterocycles. The fourth-order valence-electron chi connectivity index (χ4n) is 3.63. The molecule has 1 aromatic heterocycles. The number of hydrogen-bond acceptors (Lipinski definition) is 5. The van der Waals surface area contributed by atoms with Gasteiger partial charge in [0.1, 0.15) is 11.9 Å². The first kappa shape index (κ1) is 23.1. The van der Waals surface area contributed by atoms with Gasteiger partial charge in [-0.25, -0.2) is 14.3 Å². The van der Waals surface area contributed by atoms with E-state index in [-0.39, 0.29) is 29.9 Å². The number of H-pyrrole nitrogens is 1. The van der Waals surface area contributed by atoms with E-state index in [0.717, 1.165) is 5.56 Å². The van der Waals surface area contributed by atoms with E-state index >= 15 is 0 Å². The second kappa shape index (κ2) is 8.54. The Morgan fingerprint density at radius 2 is 2.03 bits per heavy atom. The summed E-state index contributed by atoms with van der Waals surface area (Å²) < 4.78 is 50.0. The summed E-state index contributed by atoms with van der Waals surface area (Å²) in [5.74, 6) is -1.59. The van der Waals surface area contributed by atoms with Crippen molar-refractivity contribution in [3.8, 4) is 0 Å². The zero-order valence-electron chi connectivity index (χ0n) is 16.8. The maximum Gasteiger partial charge on any atom is 0.434 e. The van der Waals surface area contributed by atoms with Crippen molar-refractivity contribution in [2.75, 3.05) is 13.1 Å². The van der Waals surface area contributed by atoms with E-state index < -0.39 is 32.9 Å². The molecule has 163 valence electrons. The Morgan fingerprint density at radius 3 is 2.60 bits per heavy atom. The third-order valence-electron chi connectivity index (χ3n) is 5.47. The lowest BCUT2D eigenvalue weighted by Crippen LogP contribution is -2.51. The van der Waals surface area contributed by atoms with Crippen LogP contribution in [-0.4, -0.2) is 51.6 Å². The normalized spacial score (nSPS) is 19.5. The molecule has 30 heavy (non-hydrogen) atoms. The number of halogens is 2. The monoisotopic (exact) mass is 473 g/mol. The van der Waals surface area contributed by atoms with Crippen molar-refractivity contribution in [3.05, 3.63) is 51.1 Å². The van der Waals surface area contributed by atoms with Crippen LogP contribution in [0.25, 0.3) is 0 Å². The Hall–Kier alpha value is -1.53. The van der Waals surface area contributed by atoms with E-state index in [2.05, 4.69) is 25.2 Å². The lowest BCUT2D eigenvalue weighted by Gasteiger charge is -2.37. The second-order valence-corrected chi connectivity index (χ2v) is 11.0. The van der Waals surface area contributed by atoms with Crippen molar-refractivity contribution in [2.45, 2.75) is 50.1 Å². The van der Waals surface area contributed by atoms with Crippen LogP contribution in [0.3, 0.4) is 0 Å². The van der Waals surface area contributed by atoms with Gasteiger partial charge in [0, 0.05) is 33.7 Å². The first-order valence-electron chi connectivity index (χ1n) is 9.41. The van der Waals surface area contributed by atoms with E-state index in [1.807, 2.05) is 6.92 Å². The van der Waals surface area contributed by atoms with Crippen LogP contribution in [0.15, 0.2) is 21.3 Å². The zero-order chi connectivity index (χ0) is 22.3. The maximum absolute atomic E-state index is 14.9. The number of nitrogens with one attached hydrogen (secondary N) is 2. The van der Waals surface area contributed by atoms with Crippen molar-refractivity contribution in [3.63, 3.8) is 0 Å². The maximum atomic E-state index is 14.9. The molecule has 1 fully saturated rings. The number of nitrogens with zero attached hydrogens (tertiary/aromatic N) is 2. The standard InChI is InChI=1S/C18H23ClFN4O4SSi/c1-10-4-5-13(20)14(11(10)2)18(3,30)15(16-21-22-17(25)28-16)23-29(26,27)24-8-6-12(19)7-9-24/h4-5,12,15,23H,6-9H2,1-3H3,(H,22,25)/t15-,18+/m1/s1. The predicted molar refractivity (Wildman–Crippen MR) is 111 cm³/mol. The fourth-order valence-corrected chi connectivity index (χ4v) is 5.91. The molecule has 0 aliphatic carbocycles. The van der Waals surface area contributed by atoms with Gasteiger partial charge in [-0.05, 0) is 49.4 Å². The lowest BCUT2D eigenvalue weighted by molar-refractivity contribution is 0.318. The summed E-state index contributed by atoms with van der Waals surface area (Å²) in [6, 6.07) is 1.73. The molecule has 2 heterocycles. The second-order valence-electron chi connectivity index (χ2n) is 7.65. The fraction of sp³-hybridized carbons (Fsp3) is 0.556. The third-order valence-corrected chi connectivity index (χ3v) is 8.03. The number of aryl methyl sites for hydroxylation is 1. The summed E-state index contributed by atoms with van der Waals surface area (Å²) in [4.78, 5) is 11.6. The molecule has 3 radical (unpaired) electrons.